The van der Waals surface area contributed by atoms with E-state index in [0.717, 1.165) is 25.7 Å². The molecule has 7 heteroatoms. The second-order valence-corrected chi connectivity index (χ2v) is 9.31. The van der Waals surface area contributed by atoms with E-state index in [0.29, 0.717) is 25.6 Å². The van der Waals surface area contributed by atoms with E-state index in [9.17, 15) is 13.2 Å². The standard InChI is InChI=1S/C18H25ClN2O3S/c19-17-9-8-15(25(23,24)21-10-4-5-11-21)12-16(17)18(22)20-13-14-6-2-1-3-7-14/h8-9,12,14H,1-7,10-11,13H2,(H,20,22). The first-order valence-electron chi connectivity index (χ1n) is 9.06. The minimum Gasteiger partial charge on any atom is -0.352 e. The molecule has 1 aromatic carbocycles. The van der Waals surface area contributed by atoms with Gasteiger partial charge in [0.2, 0.25) is 10.0 Å². The van der Waals surface area contributed by atoms with Gasteiger partial charge in [-0.1, -0.05) is 30.9 Å². The van der Waals surface area contributed by atoms with Crippen LogP contribution in [0.2, 0.25) is 5.02 Å². The zero-order valence-electron chi connectivity index (χ0n) is 14.3. The van der Waals surface area contributed by atoms with E-state index in [4.69, 9.17) is 11.6 Å². The van der Waals surface area contributed by atoms with Gasteiger partial charge in [-0.15, -0.1) is 0 Å². The van der Waals surface area contributed by atoms with Crippen LogP contribution in [0, 0.1) is 5.92 Å². The van der Waals surface area contributed by atoms with Gasteiger partial charge in [0.1, 0.15) is 0 Å². The normalized spacial score (nSPS) is 19.9. The molecule has 1 saturated heterocycles. The highest BCUT2D eigenvalue weighted by atomic mass is 35.5. The predicted molar refractivity (Wildman–Crippen MR) is 98.4 cm³/mol. The Morgan fingerprint density at radius 1 is 1.12 bits per heavy atom. The Hall–Kier alpha value is -1.11. The number of sulfonamides is 1. The Balaban J connectivity index is 1.73. The molecule has 1 saturated carbocycles. The summed E-state index contributed by atoms with van der Waals surface area (Å²) in [7, 11) is -3.55. The van der Waals surface area contributed by atoms with E-state index in [1.165, 1.54) is 41.8 Å². The Morgan fingerprint density at radius 2 is 1.80 bits per heavy atom. The maximum Gasteiger partial charge on any atom is 0.252 e. The van der Waals surface area contributed by atoms with Crippen molar-refractivity contribution in [1.29, 1.82) is 0 Å². The van der Waals surface area contributed by atoms with Crippen molar-refractivity contribution in [2.75, 3.05) is 19.6 Å². The Kier molecular flexibility index (Phi) is 6.02. The summed E-state index contributed by atoms with van der Waals surface area (Å²) in [6.45, 7) is 1.70. The van der Waals surface area contributed by atoms with Gasteiger partial charge in [0.15, 0.2) is 0 Å². The summed E-state index contributed by atoms with van der Waals surface area (Å²) in [5, 5.41) is 3.21. The molecule has 0 unspecified atom stereocenters. The molecule has 5 nitrogen and oxygen atoms in total. The maximum absolute atomic E-state index is 12.7. The van der Waals surface area contributed by atoms with Crippen molar-refractivity contribution in [3.05, 3.63) is 28.8 Å². The van der Waals surface area contributed by atoms with Gasteiger partial charge in [0.05, 0.1) is 15.5 Å². The summed E-state index contributed by atoms with van der Waals surface area (Å²) >= 11 is 6.15. The third-order valence-electron chi connectivity index (χ3n) is 5.16. The second-order valence-electron chi connectivity index (χ2n) is 6.97. The molecule has 25 heavy (non-hydrogen) atoms. The van der Waals surface area contributed by atoms with Gasteiger partial charge in [0, 0.05) is 19.6 Å². The first-order valence-corrected chi connectivity index (χ1v) is 10.9. The lowest BCUT2D eigenvalue weighted by Gasteiger charge is -2.22. The third kappa shape index (κ3) is 4.36. The predicted octanol–water partition coefficient (Wildman–Crippen LogP) is 3.43. The molecular weight excluding hydrogens is 360 g/mol. The van der Waals surface area contributed by atoms with Gasteiger partial charge in [-0.05, 0) is 49.8 Å². The summed E-state index contributed by atoms with van der Waals surface area (Å²) in [6, 6.07) is 4.39. The molecule has 1 aromatic rings. The minimum absolute atomic E-state index is 0.140. The van der Waals surface area contributed by atoms with Gasteiger partial charge in [-0.3, -0.25) is 4.79 Å². The van der Waals surface area contributed by atoms with Crippen LogP contribution in [0.3, 0.4) is 0 Å². The van der Waals surface area contributed by atoms with Gasteiger partial charge < -0.3 is 5.32 Å². The zero-order valence-corrected chi connectivity index (χ0v) is 15.9. The molecule has 0 bridgehead atoms. The number of halogens is 1. The van der Waals surface area contributed by atoms with Crippen LogP contribution < -0.4 is 5.32 Å². The van der Waals surface area contributed by atoms with Crippen molar-refractivity contribution in [2.24, 2.45) is 5.92 Å². The number of hydrogen-bond acceptors (Lipinski definition) is 3. The zero-order chi connectivity index (χ0) is 17.9. The Morgan fingerprint density at radius 3 is 2.48 bits per heavy atom. The van der Waals surface area contributed by atoms with Crippen LogP contribution in [-0.2, 0) is 10.0 Å². The second kappa shape index (κ2) is 8.06. The molecule has 1 amide bonds. The number of carbonyl (C=O) groups excluding carboxylic acids is 1. The molecule has 0 atom stereocenters. The van der Waals surface area contributed by atoms with Crippen LogP contribution in [0.5, 0.6) is 0 Å². The molecule has 2 fully saturated rings. The van der Waals surface area contributed by atoms with Crippen LogP contribution in [0.1, 0.15) is 55.3 Å². The largest absolute Gasteiger partial charge is 0.352 e. The van der Waals surface area contributed by atoms with Gasteiger partial charge >= 0.3 is 0 Å². The monoisotopic (exact) mass is 384 g/mol. The summed E-state index contributed by atoms with van der Waals surface area (Å²) in [5.41, 5.74) is 0.234. The molecule has 138 valence electrons. The van der Waals surface area contributed by atoms with Crippen molar-refractivity contribution >= 4 is 27.5 Å². The lowest BCUT2D eigenvalue weighted by Crippen LogP contribution is -2.31. The maximum atomic E-state index is 12.7. The average molecular weight is 385 g/mol. The van der Waals surface area contributed by atoms with Gasteiger partial charge in [-0.25, -0.2) is 8.42 Å². The van der Waals surface area contributed by atoms with Crippen molar-refractivity contribution in [3.63, 3.8) is 0 Å². The molecular formula is C18H25ClN2O3S. The van der Waals surface area contributed by atoms with Crippen LogP contribution in [-0.4, -0.2) is 38.3 Å². The molecule has 1 aliphatic carbocycles. The summed E-state index contributed by atoms with van der Waals surface area (Å²) < 4.78 is 26.8. The third-order valence-corrected chi connectivity index (χ3v) is 7.39. The fraction of sp³-hybridized carbons (Fsp3) is 0.611. The molecule has 1 aliphatic heterocycles. The lowest BCUT2D eigenvalue weighted by molar-refractivity contribution is 0.0943. The van der Waals surface area contributed by atoms with Crippen molar-refractivity contribution in [1.82, 2.24) is 9.62 Å². The van der Waals surface area contributed by atoms with Crippen LogP contribution in [0.15, 0.2) is 23.1 Å². The first kappa shape index (κ1) is 18.7. The number of amides is 1. The number of benzene rings is 1. The molecule has 0 radical (unpaired) electrons. The average Bonchev–Trinajstić information content (AvgIpc) is 3.16. The summed E-state index contributed by atoms with van der Waals surface area (Å²) in [4.78, 5) is 12.6. The number of hydrogen-bond donors (Lipinski definition) is 1. The highest BCUT2D eigenvalue weighted by molar-refractivity contribution is 7.89. The quantitative estimate of drug-likeness (QED) is 0.845. The fourth-order valence-corrected chi connectivity index (χ4v) is 5.39. The van der Waals surface area contributed by atoms with Gasteiger partial charge in [-0.2, -0.15) is 4.31 Å². The summed E-state index contributed by atoms with van der Waals surface area (Å²) in [5.74, 6) is 0.210. The molecule has 2 aliphatic rings. The van der Waals surface area contributed by atoms with Crippen LogP contribution in [0.4, 0.5) is 0 Å². The smallest absolute Gasteiger partial charge is 0.252 e. The highest BCUT2D eigenvalue weighted by Crippen LogP contribution is 2.26. The van der Waals surface area contributed by atoms with Crippen molar-refractivity contribution in [3.8, 4) is 0 Å². The molecule has 0 spiro atoms. The molecule has 3 rings (SSSR count). The molecule has 0 aromatic heterocycles. The van der Waals surface area contributed by atoms with E-state index >= 15 is 0 Å². The van der Waals surface area contributed by atoms with Gasteiger partial charge in [0.25, 0.3) is 5.91 Å². The Labute approximate surface area is 154 Å². The van der Waals surface area contributed by atoms with E-state index in [-0.39, 0.29) is 21.4 Å². The SMILES string of the molecule is O=C(NCC1CCCCC1)c1cc(S(=O)(=O)N2CCCC2)ccc1Cl. The van der Waals surface area contributed by atoms with E-state index < -0.39 is 10.0 Å². The number of nitrogens with zero attached hydrogens (tertiary/aromatic N) is 1. The lowest BCUT2D eigenvalue weighted by atomic mass is 9.89. The van der Waals surface area contributed by atoms with Crippen LogP contribution in [0.25, 0.3) is 0 Å². The number of carbonyl (C=O) groups is 1. The fourth-order valence-electron chi connectivity index (χ4n) is 3.64. The molecule has 1 N–H and O–H groups in total. The highest BCUT2D eigenvalue weighted by Gasteiger charge is 2.28. The Bertz CT molecular complexity index is 724. The number of rotatable bonds is 5. The van der Waals surface area contributed by atoms with Crippen LogP contribution >= 0.6 is 11.6 Å². The summed E-state index contributed by atoms with van der Waals surface area (Å²) in [6.07, 6.45) is 7.72. The van der Waals surface area contributed by atoms with E-state index in [1.807, 2.05) is 0 Å². The minimum atomic E-state index is -3.55. The van der Waals surface area contributed by atoms with E-state index in [2.05, 4.69) is 5.32 Å². The first-order chi connectivity index (χ1) is 12.0. The number of nitrogens with one attached hydrogen (secondary N) is 1. The molecule has 1 heterocycles. The topological polar surface area (TPSA) is 66.5 Å². The van der Waals surface area contributed by atoms with E-state index in [1.54, 1.807) is 0 Å². The van der Waals surface area contributed by atoms with Crippen molar-refractivity contribution < 1.29 is 13.2 Å². The van der Waals surface area contributed by atoms with Crippen molar-refractivity contribution in [2.45, 2.75) is 49.8 Å².